The maximum absolute atomic E-state index is 13.9. The number of anilines is 2. The van der Waals surface area contributed by atoms with Gasteiger partial charge in [0.15, 0.2) is 6.61 Å². The second kappa shape index (κ2) is 9.80. The van der Waals surface area contributed by atoms with Crippen LogP contribution in [0.3, 0.4) is 0 Å². The van der Waals surface area contributed by atoms with Crippen molar-refractivity contribution >= 4 is 35.1 Å². The van der Waals surface area contributed by atoms with Crippen LogP contribution in [-0.2, 0) is 19.1 Å². The van der Waals surface area contributed by atoms with E-state index in [4.69, 9.17) is 4.74 Å². The number of esters is 1. The van der Waals surface area contributed by atoms with Crippen molar-refractivity contribution in [2.45, 2.75) is 25.7 Å². The minimum absolute atomic E-state index is 0.183. The van der Waals surface area contributed by atoms with Crippen molar-refractivity contribution in [3.63, 3.8) is 0 Å². The van der Waals surface area contributed by atoms with E-state index in [2.05, 4.69) is 29.6 Å². The minimum Gasteiger partial charge on any atom is -0.452 e. The molecule has 4 aromatic rings. The Balaban J connectivity index is 1.09. The number of carbonyl (C=O) groups excluding carboxylic acids is 4. The van der Waals surface area contributed by atoms with Crippen molar-refractivity contribution < 1.29 is 23.9 Å². The number of amides is 3. The molecule has 1 aliphatic heterocycles. The van der Waals surface area contributed by atoms with E-state index < -0.39 is 30.3 Å². The first-order chi connectivity index (χ1) is 20.3. The molecule has 0 radical (unpaired) electrons. The lowest BCUT2D eigenvalue weighted by Crippen LogP contribution is -2.41. The van der Waals surface area contributed by atoms with E-state index in [0.717, 1.165) is 33.4 Å². The third-order valence-corrected chi connectivity index (χ3v) is 8.81. The highest BCUT2D eigenvalue weighted by atomic mass is 16.5. The molecule has 7 heteroatoms. The van der Waals surface area contributed by atoms with Crippen LogP contribution >= 0.6 is 0 Å². The number of benzene rings is 4. The molecular weight excluding hydrogens is 528 g/mol. The van der Waals surface area contributed by atoms with Crippen LogP contribution in [0.5, 0.6) is 0 Å². The fourth-order valence-corrected chi connectivity index (χ4v) is 6.95. The molecule has 1 heterocycles. The van der Waals surface area contributed by atoms with Gasteiger partial charge >= 0.3 is 5.97 Å². The summed E-state index contributed by atoms with van der Waals surface area (Å²) >= 11 is 0. The van der Waals surface area contributed by atoms with Crippen LogP contribution in [0, 0.1) is 25.7 Å². The third-order valence-electron chi connectivity index (χ3n) is 8.81. The Labute approximate surface area is 243 Å². The normalized spacial score (nSPS) is 21.4. The predicted octanol–water partition coefficient (Wildman–Crippen LogP) is 5.50. The van der Waals surface area contributed by atoms with Crippen LogP contribution in [0.2, 0.25) is 0 Å². The van der Waals surface area contributed by atoms with Gasteiger partial charge in [0.1, 0.15) is 0 Å². The van der Waals surface area contributed by atoms with Gasteiger partial charge in [0.2, 0.25) is 11.8 Å². The van der Waals surface area contributed by atoms with Gasteiger partial charge in [0.25, 0.3) is 5.91 Å². The van der Waals surface area contributed by atoms with E-state index in [9.17, 15) is 19.2 Å². The molecule has 3 aliphatic carbocycles. The Bertz CT molecular complexity index is 1680. The van der Waals surface area contributed by atoms with Gasteiger partial charge in [-0.3, -0.25) is 14.4 Å². The molecule has 0 aromatic heterocycles. The second-order valence-corrected chi connectivity index (χ2v) is 11.3. The highest BCUT2D eigenvalue weighted by molar-refractivity contribution is 6.23. The first-order valence-corrected chi connectivity index (χ1v) is 14.0. The molecular formula is C35H28N2O5. The molecule has 1 fully saturated rings. The van der Waals surface area contributed by atoms with Gasteiger partial charge < -0.3 is 10.1 Å². The van der Waals surface area contributed by atoms with E-state index in [-0.39, 0.29) is 29.2 Å². The van der Waals surface area contributed by atoms with Crippen molar-refractivity contribution in [1.29, 1.82) is 0 Å². The number of aryl methyl sites for hydroxylation is 2. The van der Waals surface area contributed by atoms with Gasteiger partial charge in [-0.05, 0) is 77.6 Å². The number of imide groups is 1. The maximum atomic E-state index is 13.9. The van der Waals surface area contributed by atoms with Gasteiger partial charge in [0.05, 0.1) is 23.1 Å². The van der Waals surface area contributed by atoms with Crippen molar-refractivity contribution in [2.75, 3.05) is 16.8 Å². The Hall–Kier alpha value is -5.04. The van der Waals surface area contributed by atoms with E-state index in [1.807, 2.05) is 56.3 Å². The first kappa shape index (κ1) is 25.9. The van der Waals surface area contributed by atoms with Crippen molar-refractivity contribution in [3.05, 3.63) is 130 Å². The lowest BCUT2D eigenvalue weighted by atomic mass is 9.55. The molecule has 0 spiro atoms. The molecule has 4 aromatic carbocycles. The fourth-order valence-electron chi connectivity index (χ4n) is 6.95. The van der Waals surface area contributed by atoms with Gasteiger partial charge in [0, 0.05) is 17.5 Å². The molecule has 3 amide bonds. The number of hydrogen-bond acceptors (Lipinski definition) is 5. The molecule has 42 heavy (non-hydrogen) atoms. The first-order valence-electron chi connectivity index (χ1n) is 14.0. The van der Waals surface area contributed by atoms with Gasteiger partial charge in [-0.1, -0.05) is 60.7 Å². The summed E-state index contributed by atoms with van der Waals surface area (Å²) < 4.78 is 5.23. The van der Waals surface area contributed by atoms with Gasteiger partial charge in [-0.15, -0.1) is 0 Å². The number of nitrogens with one attached hydrogen (secondary N) is 1. The van der Waals surface area contributed by atoms with Crippen molar-refractivity contribution in [3.8, 4) is 0 Å². The Morgan fingerprint density at radius 3 is 1.79 bits per heavy atom. The van der Waals surface area contributed by atoms with Crippen molar-refractivity contribution in [1.82, 2.24) is 0 Å². The number of nitrogens with zero attached hydrogens (tertiary/aromatic N) is 1. The molecule has 8 rings (SSSR count). The van der Waals surface area contributed by atoms with E-state index in [0.29, 0.717) is 11.4 Å². The van der Waals surface area contributed by atoms with Crippen LogP contribution in [0.1, 0.15) is 55.6 Å². The smallest absolute Gasteiger partial charge is 0.338 e. The highest BCUT2D eigenvalue weighted by Crippen LogP contribution is 2.61. The standard InChI is InChI=1S/C35H28N2O5/c1-19-11-12-20(2)27(17-19)36-28(38)18-42-35(41)21-13-15-22(16-14-21)37-33(39)31-29-23-7-3-4-8-24(23)30(32(31)34(37)40)26-10-6-5-9-25(26)29/h3-17,29-32H,18H2,1-2H3,(H,36,38)/t29?,30?,31-,32-/m0/s1. The van der Waals surface area contributed by atoms with Gasteiger partial charge in [-0.25, -0.2) is 9.69 Å². The second-order valence-electron chi connectivity index (χ2n) is 11.3. The highest BCUT2D eigenvalue weighted by Gasteiger charge is 2.61. The number of carbonyl (C=O) groups is 4. The zero-order valence-corrected chi connectivity index (χ0v) is 23.2. The summed E-state index contributed by atoms with van der Waals surface area (Å²) in [6.07, 6.45) is 0. The Morgan fingerprint density at radius 2 is 1.26 bits per heavy atom. The van der Waals surface area contributed by atoms with Gasteiger partial charge in [-0.2, -0.15) is 0 Å². The monoisotopic (exact) mass is 556 g/mol. The summed E-state index contributed by atoms with van der Waals surface area (Å²) in [6, 6.07) is 28.2. The van der Waals surface area contributed by atoms with Crippen LogP contribution in [0.25, 0.3) is 0 Å². The summed E-state index contributed by atoms with van der Waals surface area (Å²) in [6.45, 7) is 3.37. The molecule has 1 N–H and O–H groups in total. The number of hydrogen-bond donors (Lipinski definition) is 1. The van der Waals surface area contributed by atoms with Crippen molar-refractivity contribution in [2.24, 2.45) is 11.8 Å². The summed E-state index contributed by atoms with van der Waals surface area (Å²) in [5, 5.41) is 2.77. The number of rotatable bonds is 5. The predicted molar refractivity (Wildman–Crippen MR) is 157 cm³/mol. The van der Waals surface area contributed by atoms with Crippen LogP contribution in [0.15, 0.2) is 91.0 Å². The average molecular weight is 557 g/mol. The zero-order valence-electron chi connectivity index (χ0n) is 23.2. The molecule has 208 valence electrons. The summed E-state index contributed by atoms with van der Waals surface area (Å²) in [4.78, 5) is 54.2. The maximum Gasteiger partial charge on any atom is 0.338 e. The zero-order chi connectivity index (χ0) is 29.1. The van der Waals surface area contributed by atoms with Crippen LogP contribution in [0.4, 0.5) is 11.4 Å². The summed E-state index contributed by atoms with van der Waals surface area (Å²) in [5.74, 6) is -2.88. The average Bonchev–Trinajstić information content (AvgIpc) is 3.27. The Kier molecular flexibility index (Phi) is 6.04. The summed E-state index contributed by atoms with van der Waals surface area (Å²) in [7, 11) is 0. The minimum atomic E-state index is -0.672. The van der Waals surface area contributed by atoms with E-state index >= 15 is 0 Å². The molecule has 0 saturated carbocycles. The summed E-state index contributed by atoms with van der Waals surface area (Å²) in [5.41, 5.74) is 7.67. The molecule has 2 atom stereocenters. The molecule has 1 saturated heterocycles. The van der Waals surface area contributed by atoms with Crippen LogP contribution < -0.4 is 10.2 Å². The fraction of sp³-hybridized carbons (Fsp3) is 0.200. The molecule has 0 unspecified atom stereocenters. The lowest BCUT2D eigenvalue weighted by Gasteiger charge is -2.45. The largest absolute Gasteiger partial charge is 0.452 e. The Morgan fingerprint density at radius 1 is 0.738 bits per heavy atom. The molecule has 4 aliphatic rings. The molecule has 2 bridgehead atoms. The number of ether oxygens (including phenoxy) is 1. The quantitative estimate of drug-likeness (QED) is 0.259. The van der Waals surface area contributed by atoms with E-state index in [1.54, 1.807) is 12.1 Å². The lowest BCUT2D eigenvalue weighted by molar-refractivity contribution is -0.122. The van der Waals surface area contributed by atoms with E-state index in [1.165, 1.54) is 17.0 Å². The topological polar surface area (TPSA) is 92.8 Å². The SMILES string of the molecule is Cc1ccc(C)c(NC(=O)COC(=O)c2ccc(N3C(=O)[C@H]4C5c6ccccc6C(c6ccccc65)[C@@H]4C3=O)cc2)c1. The third kappa shape index (κ3) is 3.96. The molecule has 7 nitrogen and oxygen atoms in total. The van der Waals surface area contributed by atoms with Crippen LogP contribution in [-0.4, -0.2) is 30.3 Å².